The van der Waals surface area contributed by atoms with Gasteiger partial charge in [0.15, 0.2) is 11.0 Å². The van der Waals surface area contributed by atoms with E-state index in [0.717, 1.165) is 16.8 Å². The number of carbonyl (C=O) groups excluding carboxylic acids is 1. The van der Waals surface area contributed by atoms with Gasteiger partial charge in [0.1, 0.15) is 11.5 Å². The third-order valence-electron chi connectivity index (χ3n) is 4.92. The van der Waals surface area contributed by atoms with Crippen LogP contribution in [0.25, 0.3) is 17.1 Å². The van der Waals surface area contributed by atoms with E-state index in [4.69, 9.17) is 9.47 Å². The van der Waals surface area contributed by atoms with Crippen LogP contribution >= 0.6 is 11.8 Å². The number of carbonyl (C=O) groups is 1. The van der Waals surface area contributed by atoms with E-state index < -0.39 is 0 Å². The number of nitrogens with zero attached hydrogens (tertiary/aromatic N) is 3. The number of hydrogen-bond donors (Lipinski definition) is 1. The van der Waals surface area contributed by atoms with E-state index in [0.29, 0.717) is 29.0 Å². The summed E-state index contributed by atoms with van der Waals surface area (Å²) >= 11 is 1.34. The molecule has 1 heterocycles. The number of benzene rings is 3. The SMILES string of the molecule is COc1cc(OC)cc(-c2nnc(SCC(=O)NCc3ccccc3)n2-c2ccccc2)c1. The molecule has 8 heteroatoms. The molecule has 4 rings (SSSR count). The first-order valence-corrected chi connectivity index (χ1v) is 11.3. The van der Waals surface area contributed by atoms with Crippen molar-refractivity contribution in [3.05, 3.63) is 84.4 Å². The summed E-state index contributed by atoms with van der Waals surface area (Å²) in [5.41, 5.74) is 2.74. The summed E-state index contributed by atoms with van der Waals surface area (Å²) < 4.78 is 12.8. The van der Waals surface area contributed by atoms with Crippen LogP contribution in [0.2, 0.25) is 0 Å². The normalized spacial score (nSPS) is 10.6. The second-order valence-electron chi connectivity index (χ2n) is 7.13. The number of nitrogens with one attached hydrogen (secondary N) is 1. The largest absolute Gasteiger partial charge is 0.497 e. The Morgan fingerprint density at radius 2 is 1.55 bits per heavy atom. The molecule has 7 nitrogen and oxygen atoms in total. The fourth-order valence-corrected chi connectivity index (χ4v) is 4.06. The highest BCUT2D eigenvalue weighted by molar-refractivity contribution is 7.99. The molecule has 0 spiro atoms. The molecule has 0 radical (unpaired) electrons. The average molecular weight is 461 g/mol. The van der Waals surface area contributed by atoms with Crippen LogP contribution in [0.4, 0.5) is 0 Å². The second-order valence-corrected chi connectivity index (χ2v) is 8.07. The molecule has 168 valence electrons. The number of para-hydroxylation sites is 1. The number of thioether (sulfide) groups is 1. The van der Waals surface area contributed by atoms with E-state index in [1.807, 2.05) is 77.4 Å². The Labute approximate surface area is 196 Å². The van der Waals surface area contributed by atoms with Gasteiger partial charge in [-0.05, 0) is 29.8 Å². The van der Waals surface area contributed by atoms with Crippen LogP contribution in [0.15, 0.2) is 84.0 Å². The van der Waals surface area contributed by atoms with Gasteiger partial charge in [0.25, 0.3) is 0 Å². The molecular formula is C25H24N4O3S. The Balaban J connectivity index is 1.59. The van der Waals surface area contributed by atoms with Crippen molar-refractivity contribution in [2.24, 2.45) is 0 Å². The molecule has 3 aromatic carbocycles. The smallest absolute Gasteiger partial charge is 0.230 e. The fraction of sp³-hybridized carbons (Fsp3) is 0.160. The highest BCUT2D eigenvalue weighted by atomic mass is 32.2. The van der Waals surface area contributed by atoms with Gasteiger partial charge in [0, 0.05) is 23.9 Å². The molecule has 4 aromatic rings. The zero-order valence-electron chi connectivity index (χ0n) is 18.4. The van der Waals surface area contributed by atoms with Gasteiger partial charge in [0.05, 0.1) is 20.0 Å². The lowest BCUT2D eigenvalue weighted by Gasteiger charge is -2.12. The van der Waals surface area contributed by atoms with Gasteiger partial charge in [-0.2, -0.15) is 0 Å². The first kappa shape index (κ1) is 22.4. The van der Waals surface area contributed by atoms with E-state index in [1.165, 1.54) is 11.8 Å². The van der Waals surface area contributed by atoms with Gasteiger partial charge < -0.3 is 14.8 Å². The molecule has 0 aliphatic heterocycles. The third-order valence-corrected chi connectivity index (χ3v) is 5.85. The van der Waals surface area contributed by atoms with Crippen LogP contribution in [-0.2, 0) is 11.3 Å². The molecule has 0 saturated carbocycles. The Hall–Kier alpha value is -3.78. The molecule has 1 aromatic heterocycles. The van der Waals surface area contributed by atoms with Crippen LogP contribution < -0.4 is 14.8 Å². The monoisotopic (exact) mass is 460 g/mol. The van der Waals surface area contributed by atoms with E-state index in [1.54, 1.807) is 20.3 Å². The predicted molar refractivity (Wildman–Crippen MR) is 129 cm³/mol. The number of rotatable bonds is 9. The Morgan fingerprint density at radius 3 is 2.18 bits per heavy atom. The molecular weight excluding hydrogens is 436 g/mol. The summed E-state index contributed by atoms with van der Waals surface area (Å²) in [5, 5.41) is 12.4. The zero-order valence-corrected chi connectivity index (χ0v) is 19.2. The molecule has 0 unspecified atom stereocenters. The molecule has 0 fully saturated rings. The Bertz CT molecular complexity index is 1190. The number of aromatic nitrogens is 3. The van der Waals surface area contributed by atoms with E-state index in [9.17, 15) is 4.79 Å². The molecule has 0 aliphatic rings. The second kappa shape index (κ2) is 10.7. The van der Waals surface area contributed by atoms with Crippen molar-refractivity contribution < 1.29 is 14.3 Å². The summed E-state index contributed by atoms with van der Waals surface area (Å²) in [5.74, 6) is 2.09. The quantitative estimate of drug-likeness (QED) is 0.374. The minimum Gasteiger partial charge on any atom is -0.497 e. The zero-order chi connectivity index (χ0) is 23.0. The minimum absolute atomic E-state index is 0.0731. The molecule has 0 saturated heterocycles. The third kappa shape index (κ3) is 5.53. The predicted octanol–water partition coefficient (Wildman–Crippen LogP) is 4.36. The molecule has 0 aliphatic carbocycles. The molecule has 1 amide bonds. The van der Waals surface area contributed by atoms with Crippen LogP contribution in [0.3, 0.4) is 0 Å². The number of methoxy groups -OCH3 is 2. The molecule has 0 atom stereocenters. The number of amides is 1. The topological polar surface area (TPSA) is 78.3 Å². The van der Waals surface area contributed by atoms with Crippen molar-refractivity contribution in [1.29, 1.82) is 0 Å². The highest BCUT2D eigenvalue weighted by Gasteiger charge is 2.18. The standard InChI is InChI=1S/C25H24N4O3S/c1-31-21-13-19(14-22(15-21)32-2)24-27-28-25(29(24)20-11-7-4-8-12-20)33-17-23(30)26-16-18-9-5-3-6-10-18/h3-15H,16-17H2,1-2H3,(H,26,30). The average Bonchev–Trinajstić information content (AvgIpc) is 3.31. The number of hydrogen-bond acceptors (Lipinski definition) is 6. The summed E-state index contributed by atoms with van der Waals surface area (Å²) in [6, 6.07) is 25.2. The van der Waals surface area contributed by atoms with Gasteiger partial charge in [-0.15, -0.1) is 10.2 Å². The van der Waals surface area contributed by atoms with Gasteiger partial charge in [-0.3, -0.25) is 9.36 Å². The Kier molecular flexibility index (Phi) is 7.26. The van der Waals surface area contributed by atoms with E-state index in [-0.39, 0.29) is 11.7 Å². The van der Waals surface area contributed by atoms with Crippen LogP contribution in [0.5, 0.6) is 11.5 Å². The molecule has 1 N–H and O–H groups in total. The summed E-state index contributed by atoms with van der Waals surface area (Å²) in [4.78, 5) is 12.5. The summed E-state index contributed by atoms with van der Waals surface area (Å²) in [6.07, 6.45) is 0. The lowest BCUT2D eigenvalue weighted by Crippen LogP contribution is -2.24. The lowest BCUT2D eigenvalue weighted by atomic mass is 10.2. The summed E-state index contributed by atoms with van der Waals surface area (Å²) in [7, 11) is 3.21. The van der Waals surface area contributed by atoms with Crippen molar-refractivity contribution in [1.82, 2.24) is 20.1 Å². The van der Waals surface area contributed by atoms with Gasteiger partial charge >= 0.3 is 0 Å². The van der Waals surface area contributed by atoms with Gasteiger partial charge in [-0.1, -0.05) is 60.3 Å². The first-order valence-electron chi connectivity index (χ1n) is 10.4. The first-order chi connectivity index (χ1) is 16.2. The van der Waals surface area contributed by atoms with Crippen molar-refractivity contribution in [2.75, 3.05) is 20.0 Å². The van der Waals surface area contributed by atoms with Gasteiger partial charge in [0.2, 0.25) is 5.91 Å². The Morgan fingerprint density at radius 1 is 0.909 bits per heavy atom. The van der Waals surface area contributed by atoms with Crippen molar-refractivity contribution in [2.45, 2.75) is 11.7 Å². The molecule has 33 heavy (non-hydrogen) atoms. The van der Waals surface area contributed by atoms with Gasteiger partial charge in [-0.25, -0.2) is 0 Å². The van der Waals surface area contributed by atoms with Crippen LogP contribution in [0.1, 0.15) is 5.56 Å². The number of ether oxygens (including phenoxy) is 2. The van der Waals surface area contributed by atoms with Crippen LogP contribution in [-0.4, -0.2) is 40.6 Å². The minimum atomic E-state index is -0.0731. The maximum Gasteiger partial charge on any atom is 0.230 e. The van der Waals surface area contributed by atoms with Crippen molar-refractivity contribution in [3.8, 4) is 28.6 Å². The fourth-order valence-electron chi connectivity index (χ4n) is 3.27. The maximum atomic E-state index is 12.5. The van der Waals surface area contributed by atoms with Crippen molar-refractivity contribution >= 4 is 17.7 Å². The van der Waals surface area contributed by atoms with E-state index in [2.05, 4.69) is 15.5 Å². The molecule has 0 bridgehead atoms. The van der Waals surface area contributed by atoms with E-state index >= 15 is 0 Å². The summed E-state index contributed by atoms with van der Waals surface area (Å²) in [6.45, 7) is 0.487. The van der Waals surface area contributed by atoms with Crippen LogP contribution in [0, 0.1) is 0 Å². The maximum absolute atomic E-state index is 12.5. The van der Waals surface area contributed by atoms with Crippen molar-refractivity contribution in [3.63, 3.8) is 0 Å². The lowest BCUT2D eigenvalue weighted by molar-refractivity contribution is -0.118. The highest BCUT2D eigenvalue weighted by Crippen LogP contribution is 2.32.